The first kappa shape index (κ1) is 44.7. The monoisotopic (exact) mass is 758 g/mol. The van der Waals surface area contributed by atoms with E-state index in [-0.39, 0.29) is 0 Å². The summed E-state index contributed by atoms with van der Waals surface area (Å²) in [6.45, 7) is 6.89. The summed E-state index contributed by atoms with van der Waals surface area (Å²) in [7, 11) is 0. The van der Waals surface area contributed by atoms with Crippen LogP contribution in [0, 0.1) is 35.5 Å². The molecule has 4 rings (SSSR count). The summed E-state index contributed by atoms with van der Waals surface area (Å²) in [4.78, 5) is 13.5. The lowest BCUT2D eigenvalue weighted by Gasteiger charge is -2.25. The number of carbonyl (C=O) groups excluding carboxylic acids is 1. The van der Waals surface area contributed by atoms with Crippen LogP contribution in [0.5, 0.6) is 0 Å². The molecule has 0 radical (unpaired) electrons. The van der Waals surface area contributed by atoms with Crippen LogP contribution in [-0.2, 0) is 0 Å². The molecule has 0 N–H and O–H groups in total. The van der Waals surface area contributed by atoms with Gasteiger partial charge in [-0.25, -0.2) is 0 Å². The SMILES string of the molecule is CCCCCCCCCCCCN(CCCCCCCCCCCC)c1ccc(C#Cc2ccc(C#Cc3ccc(C#Cc4ccc(C=O)cc4)cc3)cc2)cc1. The third-order valence-corrected chi connectivity index (χ3v) is 10.7. The van der Waals surface area contributed by atoms with Gasteiger partial charge in [-0.05, 0) is 97.8 Å². The van der Waals surface area contributed by atoms with E-state index in [0.29, 0.717) is 5.56 Å². The lowest BCUT2D eigenvalue weighted by Crippen LogP contribution is -2.25. The fourth-order valence-corrected chi connectivity index (χ4v) is 7.06. The Labute approximate surface area is 347 Å². The summed E-state index contributed by atoms with van der Waals surface area (Å²) in [5, 5.41) is 0. The number of benzene rings is 4. The summed E-state index contributed by atoms with van der Waals surface area (Å²) in [5.41, 5.74) is 7.70. The minimum atomic E-state index is 0.651. The van der Waals surface area contributed by atoms with Gasteiger partial charge in [0.15, 0.2) is 0 Å². The molecule has 2 nitrogen and oxygen atoms in total. The Morgan fingerprint density at radius 1 is 0.351 bits per heavy atom. The molecule has 0 fully saturated rings. The van der Waals surface area contributed by atoms with E-state index in [0.717, 1.165) is 52.8 Å². The van der Waals surface area contributed by atoms with Crippen molar-refractivity contribution in [3.05, 3.63) is 136 Å². The molecule has 4 aromatic carbocycles. The molecule has 0 bridgehead atoms. The topological polar surface area (TPSA) is 20.3 Å². The first-order chi connectivity index (χ1) is 28.2. The maximum absolute atomic E-state index is 10.9. The lowest BCUT2D eigenvalue weighted by molar-refractivity contribution is 0.112. The van der Waals surface area contributed by atoms with Gasteiger partial charge in [0.2, 0.25) is 0 Å². The van der Waals surface area contributed by atoms with Crippen LogP contribution < -0.4 is 4.90 Å². The minimum absolute atomic E-state index is 0.651. The Morgan fingerprint density at radius 2 is 0.596 bits per heavy atom. The molecule has 2 heteroatoms. The smallest absolute Gasteiger partial charge is 0.150 e. The number of hydrogen-bond donors (Lipinski definition) is 0. The third kappa shape index (κ3) is 19.2. The van der Waals surface area contributed by atoms with Crippen molar-refractivity contribution in [1.29, 1.82) is 0 Å². The Kier molecular flexibility index (Phi) is 22.3. The largest absolute Gasteiger partial charge is 0.372 e. The maximum Gasteiger partial charge on any atom is 0.150 e. The van der Waals surface area contributed by atoms with E-state index in [2.05, 4.69) is 78.5 Å². The molecule has 0 aliphatic carbocycles. The van der Waals surface area contributed by atoms with Gasteiger partial charge in [-0.3, -0.25) is 4.79 Å². The van der Waals surface area contributed by atoms with Crippen molar-refractivity contribution >= 4 is 12.0 Å². The third-order valence-electron chi connectivity index (χ3n) is 10.7. The molecule has 4 aromatic rings. The Hall–Kier alpha value is -4.97. The predicted octanol–water partition coefficient (Wildman–Crippen LogP) is 14.3. The zero-order chi connectivity index (χ0) is 40.0. The first-order valence-electron chi connectivity index (χ1n) is 22.3. The molecular formula is C55H67NO. The van der Waals surface area contributed by atoms with Crippen molar-refractivity contribution in [3.8, 4) is 35.5 Å². The van der Waals surface area contributed by atoms with Gasteiger partial charge in [-0.15, -0.1) is 0 Å². The predicted molar refractivity (Wildman–Crippen MR) is 245 cm³/mol. The normalized spacial score (nSPS) is 10.4. The van der Waals surface area contributed by atoms with Gasteiger partial charge in [0, 0.05) is 57.7 Å². The molecule has 0 aliphatic rings. The average Bonchev–Trinajstić information content (AvgIpc) is 3.26. The molecule has 0 unspecified atom stereocenters. The summed E-state index contributed by atoms with van der Waals surface area (Å²) in [6.07, 6.45) is 28.3. The van der Waals surface area contributed by atoms with Crippen LogP contribution in [0.1, 0.15) is 186 Å². The second-order valence-corrected chi connectivity index (χ2v) is 15.5. The molecule has 0 aliphatic heterocycles. The zero-order valence-electron chi connectivity index (χ0n) is 35.2. The van der Waals surface area contributed by atoms with Crippen LogP contribution in [0.4, 0.5) is 5.69 Å². The van der Waals surface area contributed by atoms with Crippen LogP contribution in [0.2, 0.25) is 0 Å². The molecule has 0 spiro atoms. The Morgan fingerprint density at radius 3 is 0.877 bits per heavy atom. The second kappa shape index (κ2) is 28.4. The molecule has 0 saturated carbocycles. The number of rotatable bonds is 24. The zero-order valence-corrected chi connectivity index (χ0v) is 35.2. The molecule has 0 heterocycles. The number of carbonyl (C=O) groups is 1. The molecule has 298 valence electrons. The van der Waals surface area contributed by atoms with E-state index in [1.54, 1.807) is 12.1 Å². The molecule has 0 saturated heterocycles. The highest BCUT2D eigenvalue weighted by Crippen LogP contribution is 2.19. The van der Waals surface area contributed by atoms with Gasteiger partial charge in [-0.2, -0.15) is 0 Å². The first-order valence-corrected chi connectivity index (χ1v) is 22.3. The summed E-state index contributed by atoms with van der Waals surface area (Å²) >= 11 is 0. The van der Waals surface area contributed by atoms with Gasteiger partial charge in [0.1, 0.15) is 6.29 Å². The Bertz CT molecular complexity index is 1840. The van der Waals surface area contributed by atoms with E-state index >= 15 is 0 Å². The van der Waals surface area contributed by atoms with Crippen molar-refractivity contribution in [2.24, 2.45) is 0 Å². The molecular weight excluding hydrogens is 691 g/mol. The van der Waals surface area contributed by atoms with Crippen molar-refractivity contribution in [3.63, 3.8) is 0 Å². The van der Waals surface area contributed by atoms with Crippen molar-refractivity contribution in [1.82, 2.24) is 0 Å². The second-order valence-electron chi connectivity index (χ2n) is 15.5. The minimum Gasteiger partial charge on any atom is -0.372 e. The summed E-state index contributed by atoms with van der Waals surface area (Å²) in [6, 6.07) is 32.3. The van der Waals surface area contributed by atoms with Crippen LogP contribution in [-0.4, -0.2) is 19.4 Å². The molecule has 0 aromatic heterocycles. The van der Waals surface area contributed by atoms with Gasteiger partial charge in [-0.1, -0.05) is 177 Å². The number of nitrogens with zero attached hydrogens (tertiary/aromatic N) is 1. The van der Waals surface area contributed by atoms with E-state index in [1.165, 1.54) is 134 Å². The van der Waals surface area contributed by atoms with Gasteiger partial charge >= 0.3 is 0 Å². The Balaban J connectivity index is 1.25. The van der Waals surface area contributed by atoms with Crippen LogP contribution in [0.3, 0.4) is 0 Å². The van der Waals surface area contributed by atoms with Gasteiger partial charge < -0.3 is 4.90 Å². The van der Waals surface area contributed by atoms with Crippen LogP contribution in [0.15, 0.2) is 97.1 Å². The highest BCUT2D eigenvalue weighted by molar-refractivity contribution is 5.74. The van der Waals surface area contributed by atoms with E-state index in [9.17, 15) is 4.79 Å². The number of anilines is 1. The highest BCUT2D eigenvalue weighted by atomic mass is 16.1. The average molecular weight is 758 g/mol. The molecule has 0 atom stereocenters. The van der Waals surface area contributed by atoms with Gasteiger partial charge in [0.25, 0.3) is 0 Å². The number of unbranched alkanes of at least 4 members (excludes halogenated alkanes) is 18. The quantitative estimate of drug-likeness (QED) is 0.0403. The summed E-state index contributed by atoms with van der Waals surface area (Å²) in [5.74, 6) is 19.6. The van der Waals surface area contributed by atoms with E-state index < -0.39 is 0 Å². The van der Waals surface area contributed by atoms with Crippen molar-refractivity contribution in [2.45, 2.75) is 142 Å². The van der Waals surface area contributed by atoms with Crippen molar-refractivity contribution in [2.75, 3.05) is 18.0 Å². The standard InChI is InChI=1S/C55H67NO/c1-3-5-7-9-11-13-15-17-19-21-45-56(46-22-20-18-16-14-12-10-8-6-4-2)55-43-41-53(42-44-55)36-35-51-31-29-49(30-32-51)24-23-48-25-27-50(28-26-48)33-34-52-37-39-54(47-57)40-38-52/h25-32,37-44,47H,3-22,45-46H2,1-2H3. The lowest BCUT2D eigenvalue weighted by atomic mass is 10.1. The molecule has 0 amide bonds. The van der Waals surface area contributed by atoms with Crippen molar-refractivity contribution < 1.29 is 4.79 Å². The van der Waals surface area contributed by atoms with Crippen LogP contribution in [0.25, 0.3) is 0 Å². The number of aldehydes is 1. The van der Waals surface area contributed by atoms with E-state index in [4.69, 9.17) is 0 Å². The highest BCUT2D eigenvalue weighted by Gasteiger charge is 2.07. The fourth-order valence-electron chi connectivity index (χ4n) is 7.06. The fraction of sp³-hybridized carbons (Fsp3) is 0.436. The maximum atomic E-state index is 10.9. The molecule has 57 heavy (non-hydrogen) atoms. The van der Waals surface area contributed by atoms with Crippen LogP contribution >= 0.6 is 0 Å². The summed E-state index contributed by atoms with van der Waals surface area (Å²) < 4.78 is 0. The van der Waals surface area contributed by atoms with Gasteiger partial charge in [0.05, 0.1) is 0 Å². The van der Waals surface area contributed by atoms with E-state index in [1.807, 2.05) is 60.7 Å². The number of hydrogen-bond acceptors (Lipinski definition) is 2.